The van der Waals surface area contributed by atoms with Crippen molar-refractivity contribution in [3.05, 3.63) is 57.6 Å². The zero-order chi connectivity index (χ0) is 22.5. The molecule has 4 rings (SSSR count). The molecule has 32 heavy (non-hydrogen) atoms. The average molecular weight is 476 g/mol. The van der Waals surface area contributed by atoms with Crippen LogP contribution in [-0.4, -0.2) is 49.1 Å². The summed E-state index contributed by atoms with van der Waals surface area (Å²) in [6.07, 6.45) is 4.79. The van der Waals surface area contributed by atoms with Gasteiger partial charge in [0.2, 0.25) is 0 Å². The lowest BCUT2D eigenvalue weighted by molar-refractivity contribution is 0.178. The Balaban J connectivity index is 1.55. The SMILES string of the molecule is NCC1CCN(Cc2cc(CN3CCC(CN)CC3)cc(-c3cc(Cl)cc(Cl)c3)c2)CC1. The first-order chi connectivity index (χ1) is 15.5. The summed E-state index contributed by atoms with van der Waals surface area (Å²) in [5.41, 5.74) is 16.8. The van der Waals surface area contributed by atoms with Gasteiger partial charge < -0.3 is 11.5 Å². The number of rotatable bonds is 7. The Morgan fingerprint density at radius 3 is 1.44 bits per heavy atom. The van der Waals surface area contributed by atoms with E-state index in [-0.39, 0.29) is 0 Å². The number of halogens is 2. The molecular formula is C26H36Cl2N4. The fourth-order valence-corrected chi connectivity index (χ4v) is 5.64. The molecule has 2 aromatic carbocycles. The van der Waals surface area contributed by atoms with Crippen LogP contribution in [0.15, 0.2) is 36.4 Å². The van der Waals surface area contributed by atoms with Crippen molar-refractivity contribution < 1.29 is 0 Å². The molecule has 2 heterocycles. The highest BCUT2D eigenvalue weighted by Crippen LogP contribution is 2.30. The summed E-state index contributed by atoms with van der Waals surface area (Å²) in [7, 11) is 0. The first-order valence-electron chi connectivity index (χ1n) is 12.0. The van der Waals surface area contributed by atoms with Gasteiger partial charge in [-0.25, -0.2) is 0 Å². The molecule has 2 saturated heterocycles. The molecule has 174 valence electrons. The summed E-state index contributed by atoms with van der Waals surface area (Å²) in [5, 5.41) is 1.35. The molecule has 0 aliphatic carbocycles. The van der Waals surface area contributed by atoms with Gasteiger partial charge in [-0.2, -0.15) is 0 Å². The molecule has 2 fully saturated rings. The summed E-state index contributed by atoms with van der Waals surface area (Å²) in [6.45, 7) is 8.05. The lowest BCUT2D eigenvalue weighted by Crippen LogP contribution is -2.36. The van der Waals surface area contributed by atoms with Crippen molar-refractivity contribution >= 4 is 23.2 Å². The third-order valence-electron chi connectivity index (χ3n) is 7.14. The molecule has 0 saturated carbocycles. The molecule has 0 unspecified atom stereocenters. The van der Waals surface area contributed by atoms with Crippen molar-refractivity contribution in [2.45, 2.75) is 38.8 Å². The van der Waals surface area contributed by atoms with Gasteiger partial charge in [-0.1, -0.05) is 29.3 Å². The topological polar surface area (TPSA) is 58.5 Å². The molecule has 0 radical (unpaired) electrons. The van der Waals surface area contributed by atoms with E-state index < -0.39 is 0 Å². The minimum atomic E-state index is 0.673. The number of hydrogen-bond acceptors (Lipinski definition) is 4. The Morgan fingerprint density at radius 2 is 1.03 bits per heavy atom. The summed E-state index contributed by atoms with van der Waals surface area (Å²) < 4.78 is 0. The summed E-state index contributed by atoms with van der Waals surface area (Å²) in [4.78, 5) is 5.12. The van der Waals surface area contributed by atoms with Crippen molar-refractivity contribution in [1.29, 1.82) is 0 Å². The normalized spacial score (nSPS) is 19.5. The van der Waals surface area contributed by atoms with Crippen molar-refractivity contribution in [2.24, 2.45) is 23.3 Å². The van der Waals surface area contributed by atoms with Gasteiger partial charge in [0.05, 0.1) is 0 Å². The van der Waals surface area contributed by atoms with E-state index in [0.29, 0.717) is 21.9 Å². The van der Waals surface area contributed by atoms with E-state index in [1.54, 1.807) is 6.07 Å². The van der Waals surface area contributed by atoms with Crippen LogP contribution < -0.4 is 11.5 Å². The molecule has 0 amide bonds. The first-order valence-corrected chi connectivity index (χ1v) is 12.7. The predicted molar refractivity (Wildman–Crippen MR) is 136 cm³/mol. The summed E-state index contributed by atoms with van der Waals surface area (Å²) in [6, 6.07) is 12.8. The van der Waals surface area contributed by atoms with Crippen LogP contribution in [0.1, 0.15) is 36.8 Å². The second kappa shape index (κ2) is 11.3. The van der Waals surface area contributed by atoms with E-state index in [2.05, 4.69) is 28.0 Å². The highest BCUT2D eigenvalue weighted by atomic mass is 35.5. The lowest BCUT2D eigenvalue weighted by atomic mass is 9.94. The van der Waals surface area contributed by atoms with Crippen LogP contribution >= 0.6 is 23.2 Å². The van der Waals surface area contributed by atoms with Crippen LogP contribution in [-0.2, 0) is 13.1 Å². The van der Waals surface area contributed by atoms with Crippen molar-refractivity contribution in [3.63, 3.8) is 0 Å². The number of hydrogen-bond donors (Lipinski definition) is 2. The Labute approximate surface area is 202 Å². The molecule has 0 spiro atoms. The van der Waals surface area contributed by atoms with Crippen LogP contribution in [0.2, 0.25) is 10.0 Å². The summed E-state index contributed by atoms with van der Waals surface area (Å²) >= 11 is 12.6. The Morgan fingerprint density at radius 1 is 0.625 bits per heavy atom. The standard InChI is InChI=1S/C26H36Cl2N4/c27-25-12-24(13-26(28)14-25)23-10-21(17-31-5-1-19(15-29)2-6-31)9-22(11-23)18-32-7-3-20(16-30)4-8-32/h9-14,19-20H,1-8,15-18,29-30H2. The largest absolute Gasteiger partial charge is 0.330 e. The molecule has 2 aliphatic heterocycles. The van der Waals surface area contributed by atoms with Crippen LogP contribution in [0.5, 0.6) is 0 Å². The fourth-order valence-electron chi connectivity index (χ4n) is 5.11. The Bertz CT molecular complexity index is 823. The average Bonchev–Trinajstić information content (AvgIpc) is 2.79. The minimum absolute atomic E-state index is 0.673. The Hall–Kier alpha value is -1.14. The van der Waals surface area contributed by atoms with Crippen molar-refractivity contribution in [1.82, 2.24) is 9.80 Å². The highest BCUT2D eigenvalue weighted by molar-refractivity contribution is 6.35. The molecule has 0 bridgehead atoms. The quantitative estimate of drug-likeness (QED) is 0.592. The maximum Gasteiger partial charge on any atom is 0.0426 e. The van der Waals surface area contributed by atoms with Crippen LogP contribution in [0, 0.1) is 11.8 Å². The second-order valence-corrected chi connectivity index (χ2v) is 10.5. The van der Waals surface area contributed by atoms with E-state index in [9.17, 15) is 0 Å². The maximum absolute atomic E-state index is 6.32. The Kier molecular flexibility index (Phi) is 8.49. The lowest BCUT2D eigenvalue weighted by Gasteiger charge is -2.32. The van der Waals surface area contributed by atoms with Crippen LogP contribution in [0.25, 0.3) is 11.1 Å². The van der Waals surface area contributed by atoms with Crippen LogP contribution in [0.4, 0.5) is 0 Å². The van der Waals surface area contributed by atoms with E-state index in [1.807, 2.05) is 12.1 Å². The van der Waals surface area contributed by atoms with Gasteiger partial charge in [0.25, 0.3) is 0 Å². The maximum atomic E-state index is 6.32. The molecule has 4 nitrogen and oxygen atoms in total. The van der Waals surface area contributed by atoms with Crippen molar-refractivity contribution in [3.8, 4) is 11.1 Å². The minimum Gasteiger partial charge on any atom is -0.330 e. The fraction of sp³-hybridized carbons (Fsp3) is 0.538. The third-order valence-corrected chi connectivity index (χ3v) is 7.58. The molecule has 2 aromatic rings. The zero-order valence-electron chi connectivity index (χ0n) is 18.9. The second-order valence-electron chi connectivity index (χ2n) is 9.61. The number of nitrogens with two attached hydrogens (primary N) is 2. The molecule has 0 atom stereocenters. The van der Waals surface area contributed by atoms with Crippen molar-refractivity contribution in [2.75, 3.05) is 39.3 Å². The van der Waals surface area contributed by atoms with Gasteiger partial charge in [-0.15, -0.1) is 0 Å². The monoisotopic (exact) mass is 474 g/mol. The summed E-state index contributed by atoms with van der Waals surface area (Å²) in [5.74, 6) is 1.36. The number of piperidine rings is 2. The van der Waals surface area contributed by atoms with E-state index >= 15 is 0 Å². The number of nitrogens with zero attached hydrogens (tertiary/aromatic N) is 2. The van der Waals surface area contributed by atoms with Crippen LogP contribution in [0.3, 0.4) is 0 Å². The van der Waals surface area contributed by atoms with E-state index in [0.717, 1.165) is 57.9 Å². The van der Waals surface area contributed by atoms with Gasteiger partial charge >= 0.3 is 0 Å². The van der Waals surface area contributed by atoms with Gasteiger partial charge in [-0.05, 0) is 129 Å². The van der Waals surface area contributed by atoms with E-state index in [1.165, 1.54) is 42.4 Å². The number of benzene rings is 2. The van der Waals surface area contributed by atoms with Gasteiger partial charge in [-0.3, -0.25) is 9.80 Å². The smallest absolute Gasteiger partial charge is 0.0426 e. The first kappa shape index (κ1) is 24.0. The van der Waals surface area contributed by atoms with Gasteiger partial charge in [0.1, 0.15) is 0 Å². The molecule has 4 N–H and O–H groups in total. The van der Waals surface area contributed by atoms with E-state index in [4.69, 9.17) is 34.7 Å². The predicted octanol–water partition coefficient (Wildman–Crippen LogP) is 5.00. The molecule has 2 aliphatic rings. The molecular weight excluding hydrogens is 439 g/mol. The van der Waals surface area contributed by atoms with Gasteiger partial charge in [0, 0.05) is 23.1 Å². The molecule has 0 aromatic heterocycles. The van der Waals surface area contributed by atoms with Gasteiger partial charge in [0.15, 0.2) is 0 Å². The number of likely N-dealkylation sites (tertiary alicyclic amines) is 2. The highest BCUT2D eigenvalue weighted by Gasteiger charge is 2.20. The third kappa shape index (κ3) is 6.47. The zero-order valence-corrected chi connectivity index (χ0v) is 20.4. The molecule has 6 heteroatoms.